The summed E-state index contributed by atoms with van der Waals surface area (Å²) in [5, 5.41) is 2.80. The number of nitrogens with one attached hydrogen (secondary N) is 1. The van der Waals surface area contributed by atoms with Gasteiger partial charge in [-0.15, -0.1) is 0 Å². The number of carbonyl (C=O) groups is 1. The number of rotatable bonds is 5. The molecule has 5 nitrogen and oxygen atoms in total. The average molecular weight is 397 g/mol. The molecule has 2 aromatic carbocycles. The highest BCUT2D eigenvalue weighted by atomic mass is 79.9. The van der Waals surface area contributed by atoms with E-state index in [1.807, 2.05) is 0 Å². The van der Waals surface area contributed by atoms with Crippen molar-refractivity contribution in [2.75, 3.05) is 14.1 Å². The molecule has 122 valence electrons. The highest BCUT2D eigenvalue weighted by molar-refractivity contribution is 9.10. The van der Waals surface area contributed by atoms with E-state index in [0.29, 0.717) is 12.1 Å². The molecule has 0 unspecified atom stereocenters. The van der Waals surface area contributed by atoms with Crippen molar-refractivity contribution in [1.82, 2.24) is 9.62 Å². The average Bonchev–Trinajstić information content (AvgIpc) is 2.53. The van der Waals surface area contributed by atoms with Crippen LogP contribution >= 0.6 is 15.9 Å². The molecule has 1 amide bonds. The Morgan fingerprint density at radius 2 is 1.61 bits per heavy atom. The normalized spacial score (nSPS) is 11.5. The lowest BCUT2D eigenvalue weighted by Gasteiger charge is -2.12. The van der Waals surface area contributed by atoms with Crippen LogP contribution in [-0.2, 0) is 16.6 Å². The summed E-state index contributed by atoms with van der Waals surface area (Å²) in [6.45, 7) is 0.331. The number of carbonyl (C=O) groups excluding carboxylic acids is 1. The first kappa shape index (κ1) is 17.7. The highest BCUT2D eigenvalue weighted by Crippen LogP contribution is 2.14. The van der Waals surface area contributed by atoms with Crippen LogP contribution in [0.25, 0.3) is 0 Å². The number of benzene rings is 2. The van der Waals surface area contributed by atoms with Gasteiger partial charge in [-0.05, 0) is 42.0 Å². The van der Waals surface area contributed by atoms with Crippen molar-refractivity contribution in [3.63, 3.8) is 0 Å². The fourth-order valence-electron chi connectivity index (χ4n) is 1.88. The van der Waals surface area contributed by atoms with Crippen LogP contribution in [0.1, 0.15) is 15.9 Å². The first-order chi connectivity index (χ1) is 10.8. The molecule has 0 fully saturated rings. The van der Waals surface area contributed by atoms with E-state index >= 15 is 0 Å². The van der Waals surface area contributed by atoms with Gasteiger partial charge in [0.05, 0.1) is 4.90 Å². The minimum Gasteiger partial charge on any atom is -0.348 e. The molecule has 0 aromatic heterocycles. The van der Waals surface area contributed by atoms with Crippen LogP contribution < -0.4 is 5.32 Å². The molecule has 0 radical (unpaired) electrons. The Hall–Kier alpha value is -1.70. The molecular formula is C16H17BrN2O3S. The van der Waals surface area contributed by atoms with Gasteiger partial charge in [0.25, 0.3) is 5.91 Å². The summed E-state index contributed by atoms with van der Waals surface area (Å²) in [6, 6.07) is 13.5. The number of amides is 1. The fourth-order valence-corrected chi connectivity index (χ4v) is 3.04. The first-order valence-electron chi connectivity index (χ1n) is 6.86. The number of halogens is 1. The zero-order valence-electron chi connectivity index (χ0n) is 12.8. The lowest BCUT2D eigenvalue weighted by Crippen LogP contribution is -2.23. The van der Waals surface area contributed by atoms with E-state index in [4.69, 9.17) is 0 Å². The summed E-state index contributed by atoms with van der Waals surface area (Å²) in [6.07, 6.45) is 0. The molecule has 0 heterocycles. The minimum absolute atomic E-state index is 0.178. The quantitative estimate of drug-likeness (QED) is 0.844. The van der Waals surface area contributed by atoms with Gasteiger partial charge >= 0.3 is 0 Å². The Kier molecular flexibility index (Phi) is 5.56. The van der Waals surface area contributed by atoms with E-state index in [9.17, 15) is 13.2 Å². The molecule has 0 atom stereocenters. The van der Waals surface area contributed by atoms with E-state index < -0.39 is 10.0 Å². The molecule has 7 heteroatoms. The molecule has 1 N–H and O–H groups in total. The summed E-state index contributed by atoms with van der Waals surface area (Å²) in [7, 11) is -0.455. The fraction of sp³-hybridized carbons (Fsp3) is 0.188. The molecular weight excluding hydrogens is 380 g/mol. The maximum atomic E-state index is 12.0. The number of sulfonamides is 1. The van der Waals surface area contributed by atoms with Crippen LogP contribution in [0.4, 0.5) is 0 Å². The second-order valence-electron chi connectivity index (χ2n) is 5.12. The van der Waals surface area contributed by atoms with Crippen molar-refractivity contribution in [3.05, 3.63) is 64.1 Å². The van der Waals surface area contributed by atoms with E-state index in [1.54, 1.807) is 36.4 Å². The third-order valence-electron chi connectivity index (χ3n) is 3.26. The predicted molar refractivity (Wildman–Crippen MR) is 92.6 cm³/mol. The standard InChI is InChI=1S/C16H17BrN2O3S/c1-19(2)23(21,22)15-9-3-12(4-10-15)11-18-16(20)13-5-7-14(17)8-6-13/h3-10H,11H2,1-2H3,(H,18,20). The lowest BCUT2D eigenvalue weighted by atomic mass is 10.2. The van der Waals surface area contributed by atoms with Crippen molar-refractivity contribution >= 4 is 31.9 Å². The second-order valence-corrected chi connectivity index (χ2v) is 8.19. The third-order valence-corrected chi connectivity index (χ3v) is 5.62. The van der Waals surface area contributed by atoms with Crippen molar-refractivity contribution in [2.24, 2.45) is 0 Å². The molecule has 2 rings (SSSR count). The van der Waals surface area contributed by atoms with E-state index in [-0.39, 0.29) is 10.8 Å². The summed E-state index contributed by atoms with van der Waals surface area (Å²) in [4.78, 5) is 12.2. The van der Waals surface area contributed by atoms with Crippen LogP contribution in [0.3, 0.4) is 0 Å². The Morgan fingerprint density at radius 3 is 2.13 bits per heavy atom. The third kappa shape index (κ3) is 4.40. The van der Waals surface area contributed by atoms with E-state index in [2.05, 4.69) is 21.2 Å². The number of hydrogen-bond acceptors (Lipinski definition) is 3. The Morgan fingerprint density at radius 1 is 1.04 bits per heavy atom. The maximum absolute atomic E-state index is 12.0. The van der Waals surface area contributed by atoms with Crippen LogP contribution in [0, 0.1) is 0 Å². The van der Waals surface area contributed by atoms with Crippen molar-refractivity contribution in [3.8, 4) is 0 Å². The van der Waals surface area contributed by atoms with Crippen LogP contribution in [-0.4, -0.2) is 32.7 Å². The van der Waals surface area contributed by atoms with Gasteiger partial charge in [-0.1, -0.05) is 28.1 Å². The van der Waals surface area contributed by atoms with Gasteiger partial charge in [-0.3, -0.25) is 4.79 Å². The van der Waals surface area contributed by atoms with Crippen molar-refractivity contribution < 1.29 is 13.2 Å². The Bertz CT molecular complexity index is 785. The van der Waals surface area contributed by atoms with Gasteiger partial charge in [-0.25, -0.2) is 12.7 Å². The van der Waals surface area contributed by atoms with Gasteiger partial charge in [0.1, 0.15) is 0 Å². The highest BCUT2D eigenvalue weighted by Gasteiger charge is 2.16. The van der Waals surface area contributed by atoms with Gasteiger partial charge in [0.15, 0.2) is 0 Å². The first-order valence-corrected chi connectivity index (χ1v) is 9.09. The van der Waals surface area contributed by atoms with Gasteiger partial charge in [0.2, 0.25) is 10.0 Å². The lowest BCUT2D eigenvalue weighted by molar-refractivity contribution is 0.0951. The van der Waals surface area contributed by atoms with Crippen LogP contribution in [0.15, 0.2) is 57.9 Å². The molecule has 0 bridgehead atoms. The van der Waals surface area contributed by atoms with Gasteiger partial charge < -0.3 is 5.32 Å². The van der Waals surface area contributed by atoms with Gasteiger partial charge in [-0.2, -0.15) is 0 Å². The minimum atomic E-state index is -3.43. The molecule has 2 aromatic rings. The smallest absolute Gasteiger partial charge is 0.251 e. The monoisotopic (exact) mass is 396 g/mol. The number of nitrogens with zero attached hydrogens (tertiary/aromatic N) is 1. The molecule has 0 aliphatic rings. The van der Waals surface area contributed by atoms with Crippen LogP contribution in [0.2, 0.25) is 0 Å². The summed E-state index contributed by atoms with van der Waals surface area (Å²) in [5.74, 6) is -0.178. The topological polar surface area (TPSA) is 66.5 Å². The largest absolute Gasteiger partial charge is 0.348 e. The summed E-state index contributed by atoms with van der Waals surface area (Å²) >= 11 is 3.32. The zero-order valence-corrected chi connectivity index (χ0v) is 15.2. The van der Waals surface area contributed by atoms with E-state index in [0.717, 1.165) is 14.3 Å². The molecule has 0 saturated heterocycles. The molecule has 0 aliphatic heterocycles. The molecule has 0 aliphatic carbocycles. The second kappa shape index (κ2) is 7.25. The molecule has 23 heavy (non-hydrogen) atoms. The SMILES string of the molecule is CN(C)S(=O)(=O)c1ccc(CNC(=O)c2ccc(Br)cc2)cc1. The predicted octanol–water partition coefficient (Wildman–Crippen LogP) is 2.63. The van der Waals surface area contributed by atoms with Crippen molar-refractivity contribution in [1.29, 1.82) is 0 Å². The van der Waals surface area contributed by atoms with Gasteiger partial charge in [0, 0.05) is 30.7 Å². The Balaban J connectivity index is 2.02. The summed E-state index contributed by atoms with van der Waals surface area (Å²) in [5.41, 5.74) is 1.40. The Labute approximate surface area is 144 Å². The summed E-state index contributed by atoms with van der Waals surface area (Å²) < 4.78 is 26.0. The van der Waals surface area contributed by atoms with Crippen LogP contribution in [0.5, 0.6) is 0 Å². The van der Waals surface area contributed by atoms with E-state index in [1.165, 1.54) is 26.2 Å². The maximum Gasteiger partial charge on any atom is 0.251 e. The molecule has 0 spiro atoms. The van der Waals surface area contributed by atoms with Crippen molar-refractivity contribution in [2.45, 2.75) is 11.4 Å². The zero-order chi connectivity index (χ0) is 17.0. The number of hydrogen-bond donors (Lipinski definition) is 1. The molecule has 0 saturated carbocycles.